The van der Waals surface area contributed by atoms with Crippen LogP contribution >= 0.6 is 0 Å². The van der Waals surface area contributed by atoms with E-state index in [9.17, 15) is 4.79 Å². The Kier molecular flexibility index (Phi) is 3.67. The Morgan fingerprint density at radius 2 is 1.80 bits per heavy atom. The zero-order valence-corrected chi connectivity index (χ0v) is 10.1. The van der Waals surface area contributed by atoms with Crippen LogP contribution in [-0.4, -0.2) is 5.78 Å². The number of hydrogen-bond donors (Lipinski definition) is 0. The van der Waals surface area contributed by atoms with Crippen molar-refractivity contribution in [3.63, 3.8) is 0 Å². The lowest BCUT2D eigenvalue weighted by atomic mass is 9.73. The summed E-state index contributed by atoms with van der Waals surface area (Å²) in [7, 11) is 0. The molecule has 0 bridgehead atoms. The van der Waals surface area contributed by atoms with E-state index in [2.05, 4.69) is 13.8 Å². The minimum atomic E-state index is -0.324. The third kappa shape index (κ3) is 2.68. The quantitative estimate of drug-likeness (QED) is 0.732. The van der Waals surface area contributed by atoms with Crippen LogP contribution in [0, 0.1) is 5.92 Å². The molecule has 0 saturated carbocycles. The van der Waals surface area contributed by atoms with Crippen molar-refractivity contribution < 1.29 is 4.79 Å². The molecule has 0 aliphatic rings. The largest absolute Gasteiger partial charge is 0.299 e. The van der Waals surface area contributed by atoms with Gasteiger partial charge >= 0.3 is 0 Å². The summed E-state index contributed by atoms with van der Waals surface area (Å²) >= 11 is 0. The van der Waals surface area contributed by atoms with Crippen molar-refractivity contribution in [3.05, 3.63) is 35.9 Å². The fraction of sp³-hybridized carbons (Fsp3) is 0.500. The molecule has 1 aromatic rings. The van der Waals surface area contributed by atoms with Crippen LogP contribution in [0.5, 0.6) is 0 Å². The van der Waals surface area contributed by atoms with Crippen LogP contribution < -0.4 is 0 Å². The molecule has 15 heavy (non-hydrogen) atoms. The molecule has 82 valence electrons. The first-order valence-electron chi connectivity index (χ1n) is 5.53. The van der Waals surface area contributed by atoms with E-state index in [1.807, 2.05) is 37.3 Å². The molecule has 1 aromatic carbocycles. The maximum Gasteiger partial charge on any atom is 0.140 e. The summed E-state index contributed by atoms with van der Waals surface area (Å²) in [6.45, 7) is 8.05. The molecule has 0 unspecified atom stereocenters. The molecular formula is C14H20O. The standard InChI is InChI=1S/C14H20O/c1-11(2)10-14(4,12(3)15)13-8-6-5-7-9-13/h5-9,11H,10H2,1-4H3/t14-/m1/s1. The molecular weight excluding hydrogens is 184 g/mol. The summed E-state index contributed by atoms with van der Waals surface area (Å²) in [5.41, 5.74) is 0.807. The second-order valence-corrected chi connectivity index (χ2v) is 4.85. The number of rotatable bonds is 4. The van der Waals surface area contributed by atoms with Gasteiger partial charge in [0.15, 0.2) is 0 Å². The van der Waals surface area contributed by atoms with E-state index in [-0.39, 0.29) is 11.2 Å². The van der Waals surface area contributed by atoms with Crippen molar-refractivity contribution in [3.8, 4) is 0 Å². The second-order valence-electron chi connectivity index (χ2n) is 4.85. The van der Waals surface area contributed by atoms with Crippen molar-refractivity contribution in [2.45, 2.75) is 39.5 Å². The molecule has 0 spiro atoms. The van der Waals surface area contributed by atoms with Gasteiger partial charge in [0, 0.05) is 0 Å². The highest BCUT2D eigenvalue weighted by Gasteiger charge is 2.32. The van der Waals surface area contributed by atoms with E-state index < -0.39 is 0 Å². The molecule has 0 amide bonds. The smallest absolute Gasteiger partial charge is 0.140 e. The minimum Gasteiger partial charge on any atom is -0.299 e. The predicted octanol–water partition coefficient (Wildman–Crippen LogP) is 3.58. The van der Waals surface area contributed by atoms with Crippen LogP contribution in [-0.2, 0) is 10.2 Å². The Labute approximate surface area is 92.5 Å². The maximum absolute atomic E-state index is 11.8. The lowest BCUT2D eigenvalue weighted by molar-refractivity contribution is -0.122. The van der Waals surface area contributed by atoms with Gasteiger partial charge < -0.3 is 0 Å². The van der Waals surface area contributed by atoms with Crippen molar-refractivity contribution in [2.75, 3.05) is 0 Å². The van der Waals surface area contributed by atoms with Gasteiger partial charge in [-0.25, -0.2) is 0 Å². The molecule has 0 fully saturated rings. The average molecular weight is 204 g/mol. The lowest BCUT2D eigenvalue weighted by Crippen LogP contribution is -2.32. The Balaban J connectivity index is 3.07. The summed E-state index contributed by atoms with van der Waals surface area (Å²) in [4.78, 5) is 11.8. The molecule has 0 aromatic heterocycles. The first-order valence-corrected chi connectivity index (χ1v) is 5.53. The van der Waals surface area contributed by atoms with Gasteiger partial charge in [-0.3, -0.25) is 4.79 Å². The molecule has 1 nitrogen and oxygen atoms in total. The van der Waals surface area contributed by atoms with Crippen LogP contribution in [0.2, 0.25) is 0 Å². The van der Waals surface area contributed by atoms with Crippen LogP contribution in [0.1, 0.15) is 39.7 Å². The van der Waals surface area contributed by atoms with Gasteiger partial charge in [-0.2, -0.15) is 0 Å². The molecule has 0 radical (unpaired) electrons. The number of Topliss-reactive ketones (excluding diaryl/α,β-unsaturated/α-hetero) is 1. The van der Waals surface area contributed by atoms with Gasteiger partial charge in [0.25, 0.3) is 0 Å². The van der Waals surface area contributed by atoms with Crippen LogP contribution in [0.25, 0.3) is 0 Å². The highest BCUT2D eigenvalue weighted by molar-refractivity contribution is 5.87. The fourth-order valence-corrected chi connectivity index (χ4v) is 2.09. The number of hydrogen-bond acceptors (Lipinski definition) is 1. The maximum atomic E-state index is 11.8. The zero-order valence-electron chi connectivity index (χ0n) is 10.1. The van der Waals surface area contributed by atoms with Gasteiger partial charge in [0.05, 0.1) is 5.41 Å². The molecule has 0 saturated heterocycles. The van der Waals surface area contributed by atoms with Crippen molar-refractivity contribution in [1.82, 2.24) is 0 Å². The fourth-order valence-electron chi connectivity index (χ4n) is 2.09. The van der Waals surface area contributed by atoms with Crippen molar-refractivity contribution >= 4 is 5.78 Å². The highest BCUT2D eigenvalue weighted by atomic mass is 16.1. The molecule has 0 aliphatic carbocycles. The topological polar surface area (TPSA) is 17.1 Å². The average Bonchev–Trinajstić information content (AvgIpc) is 2.17. The SMILES string of the molecule is CC(=O)[C@@](C)(CC(C)C)c1ccccc1. The first kappa shape index (κ1) is 12.0. The normalized spacial score (nSPS) is 15.0. The van der Waals surface area contributed by atoms with E-state index in [0.29, 0.717) is 5.92 Å². The Hall–Kier alpha value is -1.11. The highest BCUT2D eigenvalue weighted by Crippen LogP contribution is 2.31. The Morgan fingerprint density at radius 3 is 2.20 bits per heavy atom. The van der Waals surface area contributed by atoms with Crippen molar-refractivity contribution in [2.24, 2.45) is 5.92 Å². The van der Waals surface area contributed by atoms with Crippen LogP contribution in [0.3, 0.4) is 0 Å². The molecule has 1 rings (SSSR count). The van der Waals surface area contributed by atoms with E-state index in [4.69, 9.17) is 0 Å². The van der Waals surface area contributed by atoms with Gasteiger partial charge in [-0.05, 0) is 31.7 Å². The van der Waals surface area contributed by atoms with Crippen molar-refractivity contribution in [1.29, 1.82) is 0 Å². The van der Waals surface area contributed by atoms with Crippen LogP contribution in [0.4, 0.5) is 0 Å². The third-order valence-electron chi connectivity index (χ3n) is 3.00. The van der Waals surface area contributed by atoms with E-state index in [1.54, 1.807) is 6.92 Å². The number of carbonyl (C=O) groups is 1. The summed E-state index contributed by atoms with van der Waals surface area (Å²) in [6, 6.07) is 10.1. The third-order valence-corrected chi connectivity index (χ3v) is 3.00. The van der Waals surface area contributed by atoms with Gasteiger partial charge in [0.2, 0.25) is 0 Å². The molecule has 0 N–H and O–H groups in total. The molecule has 0 heterocycles. The lowest BCUT2D eigenvalue weighted by Gasteiger charge is -2.29. The van der Waals surface area contributed by atoms with E-state index in [1.165, 1.54) is 0 Å². The zero-order chi connectivity index (χ0) is 11.5. The van der Waals surface area contributed by atoms with Gasteiger partial charge in [-0.15, -0.1) is 0 Å². The predicted molar refractivity (Wildman–Crippen MR) is 63.9 cm³/mol. The summed E-state index contributed by atoms with van der Waals surface area (Å²) in [5.74, 6) is 0.779. The van der Waals surface area contributed by atoms with E-state index in [0.717, 1.165) is 12.0 Å². The minimum absolute atomic E-state index is 0.252. The summed E-state index contributed by atoms with van der Waals surface area (Å²) in [6.07, 6.45) is 0.909. The number of carbonyl (C=O) groups excluding carboxylic acids is 1. The van der Waals surface area contributed by atoms with Gasteiger partial charge in [-0.1, -0.05) is 44.2 Å². The monoisotopic (exact) mass is 204 g/mol. The Morgan fingerprint density at radius 1 is 1.27 bits per heavy atom. The van der Waals surface area contributed by atoms with Crippen LogP contribution in [0.15, 0.2) is 30.3 Å². The summed E-state index contributed by atoms with van der Waals surface area (Å²) in [5, 5.41) is 0. The van der Waals surface area contributed by atoms with E-state index >= 15 is 0 Å². The second kappa shape index (κ2) is 4.61. The molecule has 1 atom stereocenters. The number of benzene rings is 1. The number of ketones is 1. The van der Waals surface area contributed by atoms with Gasteiger partial charge in [0.1, 0.15) is 5.78 Å². The Bertz CT molecular complexity index is 326. The molecule has 0 aliphatic heterocycles. The summed E-state index contributed by atoms with van der Waals surface area (Å²) < 4.78 is 0. The molecule has 1 heteroatoms. The first-order chi connectivity index (χ1) is 6.97.